The minimum Gasteiger partial charge on any atom is -0.280 e. The van der Waals surface area contributed by atoms with Crippen molar-refractivity contribution >= 4 is 31.4 Å². The minimum absolute atomic E-state index is 0.0300. The third kappa shape index (κ3) is 4.34. The summed E-state index contributed by atoms with van der Waals surface area (Å²) >= 11 is 0. The van der Waals surface area contributed by atoms with E-state index < -0.39 is 20.0 Å². The van der Waals surface area contributed by atoms with Crippen molar-refractivity contribution in [1.82, 2.24) is 9.78 Å². The Morgan fingerprint density at radius 1 is 0.833 bits per heavy atom. The van der Waals surface area contributed by atoms with E-state index in [-0.39, 0.29) is 15.5 Å². The van der Waals surface area contributed by atoms with E-state index in [0.717, 1.165) is 16.7 Å². The van der Waals surface area contributed by atoms with Crippen molar-refractivity contribution in [2.45, 2.75) is 37.5 Å². The van der Waals surface area contributed by atoms with Gasteiger partial charge in [-0.15, -0.1) is 0 Å². The van der Waals surface area contributed by atoms with Crippen molar-refractivity contribution in [2.24, 2.45) is 7.05 Å². The quantitative estimate of drug-likeness (QED) is 0.601. The topological polar surface area (TPSA) is 110 Å². The lowest BCUT2D eigenvalue weighted by atomic mass is 10.1. The van der Waals surface area contributed by atoms with Gasteiger partial charge in [-0.2, -0.15) is 5.10 Å². The van der Waals surface area contributed by atoms with Crippen LogP contribution < -0.4 is 9.44 Å². The molecule has 0 saturated carbocycles. The first-order chi connectivity index (χ1) is 13.9. The van der Waals surface area contributed by atoms with E-state index in [1.165, 1.54) is 35.1 Å². The van der Waals surface area contributed by atoms with Crippen LogP contribution in [0.3, 0.4) is 0 Å². The summed E-state index contributed by atoms with van der Waals surface area (Å²) in [7, 11) is -6.01. The molecule has 0 spiro atoms. The number of rotatable bonds is 6. The van der Waals surface area contributed by atoms with Crippen molar-refractivity contribution in [3.63, 3.8) is 0 Å². The van der Waals surface area contributed by atoms with Crippen LogP contribution in [0.5, 0.6) is 0 Å². The fourth-order valence-corrected chi connectivity index (χ4v) is 5.66. The predicted octanol–water partition coefficient (Wildman–Crippen LogP) is 3.26. The monoisotopic (exact) mass is 448 g/mol. The maximum absolute atomic E-state index is 12.8. The van der Waals surface area contributed by atoms with Crippen molar-refractivity contribution in [3.05, 3.63) is 65.0 Å². The van der Waals surface area contributed by atoms with Crippen LogP contribution in [-0.4, -0.2) is 26.6 Å². The van der Waals surface area contributed by atoms with Gasteiger partial charge in [-0.05, 0) is 63.1 Å². The first kappa shape index (κ1) is 21.8. The Morgan fingerprint density at radius 2 is 1.40 bits per heavy atom. The van der Waals surface area contributed by atoms with E-state index in [0.29, 0.717) is 11.4 Å². The lowest BCUT2D eigenvalue weighted by Gasteiger charge is -2.15. The Bertz CT molecular complexity index is 1290. The number of aromatic nitrogens is 2. The molecular formula is C20H24N4O4S2. The van der Waals surface area contributed by atoms with Gasteiger partial charge in [0.05, 0.1) is 22.5 Å². The minimum atomic E-state index is -3.83. The summed E-state index contributed by atoms with van der Waals surface area (Å²) < 4.78 is 57.3. The molecule has 2 N–H and O–H groups in total. The Hall–Kier alpha value is -2.85. The number of sulfonamides is 2. The largest absolute Gasteiger partial charge is 0.280 e. The molecule has 2 aromatic carbocycles. The highest BCUT2D eigenvalue weighted by Gasteiger charge is 2.21. The highest BCUT2D eigenvalue weighted by molar-refractivity contribution is 7.93. The van der Waals surface area contributed by atoms with Crippen LogP contribution in [0.1, 0.15) is 22.4 Å². The number of aryl methyl sites for hydroxylation is 4. The van der Waals surface area contributed by atoms with Crippen molar-refractivity contribution in [2.75, 3.05) is 9.44 Å². The van der Waals surface area contributed by atoms with E-state index in [4.69, 9.17) is 0 Å². The van der Waals surface area contributed by atoms with E-state index in [1.807, 2.05) is 32.9 Å². The first-order valence-corrected chi connectivity index (χ1v) is 12.1. The van der Waals surface area contributed by atoms with Crippen molar-refractivity contribution in [1.29, 1.82) is 0 Å². The van der Waals surface area contributed by atoms with Crippen LogP contribution in [0, 0.1) is 27.7 Å². The Kier molecular flexibility index (Phi) is 5.66. The molecule has 0 aliphatic rings. The summed E-state index contributed by atoms with van der Waals surface area (Å²) in [6.45, 7) is 7.29. The van der Waals surface area contributed by atoms with Gasteiger partial charge in [0.25, 0.3) is 20.0 Å². The maximum atomic E-state index is 12.8. The van der Waals surface area contributed by atoms with E-state index in [9.17, 15) is 16.8 Å². The zero-order valence-electron chi connectivity index (χ0n) is 17.4. The number of nitrogens with one attached hydrogen (secondary N) is 2. The fraction of sp³-hybridized carbons (Fsp3) is 0.250. The molecule has 3 aromatic rings. The Balaban J connectivity index is 1.84. The molecule has 1 heterocycles. The lowest BCUT2D eigenvalue weighted by molar-refractivity contribution is 0.599. The van der Waals surface area contributed by atoms with Gasteiger partial charge in [0.15, 0.2) is 0 Å². The molecule has 0 bridgehead atoms. The number of nitrogens with zero attached hydrogens (tertiary/aromatic N) is 2. The summed E-state index contributed by atoms with van der Waals surface area (Å²) in [6.07, 6.45) is 1.27. The average Bonchev–Trinajstić information content (AvgIpc) is 2.98. The number of hydrogen-bond donors (Lipinski definition) is 2. The van der Waals surface area contributed by atoms with Gasteiger partial charge in [-0.3, -0.25) is 14.1 Å². The van der Waals surface area contributed by atoms with Crippen molar-refractivity contribution < 1.29 is 16.8 Å². The Labute approximate surface area is 177 Å². The third-order valence-corrected chi connectivity index (χ3v) is 7.66. The molecule has 0 amide bonds. The highest BCUT2D eigenvalue weighted by atomic mass is 32.2. The van der Waals surface area contributed by atoms with E-state index in [1.54, 1.807) is 14.0 Å². The molecule has 0 radical (unpaired) electrons. The fourth-order valence-electron chi connectivity index (χ4n) is 3.19. The molecule has 3 rings (SSSR count). The average molecular weight is 449 g/mol. The molecule has 10 heteroatoms. The normalized spacial score (nSPS) is 12.0. The molecule has 0 atom stereocenters. The Morgan fingerprint density at radius 3 is 1.90 bits per heavy atom. The second-order valence-corrected chi connectivity index (χ2v) is 10.6. The zero-order valence-corrected chi connectivity index (χ0v) is 19.0. The maximum Gasteiger partial charge on any atom is 0.265 e. The smallest absolute Gasteiger partial charge is 0.265 e. The molecule has 160 valence electrons. The molecule has 30 heavy (non-hydrogen) atoms. The zero-order chi connectivity index (χ0) is 22.3. The van der Waals surface area contributed by atoms with Gasteiger partial charge < -0.3 is 0 Å². The van der Waals surface area contributed by atoms with Gasteiger partial charge in [-0.25, -0.2) is 16.8 Å². The van der Waals surface area contributed by atoms with E-state index in [2.05, 4.69) is 14.5 Å². The summed E-state index contributed by atoms with van der Waals surface area (Å²) in [5.41, 5.74) is 3.99. The van der Waals surface area contributed by atoms with Gasteiger partial charge in [0.2, 0.25) is 0 Å². The molecule has 0 aliphatic heterocycles. The van der Waals surface area contributed by atoms with Gasteiger partial charge in [0, 0.05) is 12.7 Å². The molecular weight excluding hydrogens is 424 g/mol. The second kappa shape index (κ2) is 7.77. The van der Waals surface area contributed by atoms with Gasteiger partial charge in [0.1, 0.15) is 4.90 Å². The standard InChI is InChI=1S/C20H24N4O4S2/c1-13-10-14(2)20(15(3)11-13)23-29(25,26)18-8-6-17(7-9-18)22-30(27,28)19-12-21-24(5)16(19)4/h6-12,22-23H,1-5H3. The van der Waals surface area contributed by atoms with Crippen molar-refractivity contribution in [3.8, 4) is 0 Å². The second-order valence-electron chi connectivity index (χ2n) is 7.23. The summed E-state index contributed by atoms with van der Waals surface area (Å²) in [5, 5.41) is 3.94. The van der Waals surface area contributed by atoms with Crippen LogP contribution in [0.2, 0.25) is 0 Å². The molecule has 8 nitrogen and oxygen atoms in total. The molecule has 1 aromatic heterocycles. The predicted molar refractivity (Wildman–Crippen MR) is 117 cm³/mol. The molecule has 0 unspecified atom stereocenters. The van der Waals surface area contributed by atoms with Gasteiger partial charge >= 0.3 is 0 Å². The van der Waals surface area contributed by atoms with Gasteiger partial charge in [-0.1, -0.05) is 17.7 Å². The number of hydrogen-bond acceptors (Lipinski definition) is 5. The third-order valence-electron chi connectivity index (χ3n) is 4.81. The highest BCUT2D eigenvalue weighted by Crippen LogP contribution is 2.26. The van der Waals surface area contributed by atoms with E-state index >= 15 is 0 Å². The van der Waals surface area contributed by atoms with Crippen LogP contribution in [0.4, 0.5) is 11.4 Å². The number of anilines is 2. The molecule has 0 saturated heterocycles. The molecule has 0 aliphatic carbocycles. The molecule has 0 fully saturated rings. The summed E-state index contributed by atoms with van der Waals surface area (Å²) in [5.74, 6) is 0. The van der Waals surface area contributed by atoms with Crippen LogP contribution >= 0.6 is 0 Å². The van der Waals surface area contributed by atoms with Crippen LogP contribution in [-0.2, 0) is 27.1 Å². The SMILES string of the molecule is Cc1cc(C)c(NS(=O)(=O)c2ccc(NS(=O)(=O)c3cnn(C)c3C)cc2)c(C)c1. The van der Waals surface area contributed by atoms with Crippen LogP contribution in [0.25, 0.3) is 0 Å². The summed E-state index contributed by atoms with van der Waals surface area (Å²) in [6, 6.07) is 9.34. The first-order valence-electron chi connectivity index (χ1n) is 9.13. The summed E-state index contributed by atoms with van der Waals surface area (Å²) in [4.78, 5) is 0.0936. The van der Waals surface area contributed by atoms with Crippen LogP contribution in [0.15, 0.2) is 52.4 Å². The lowest BCUT2D eigenvalue weighted by Crippen LogP contribution is -2.16. The number of benzene rings is 2.